The summed E-state index contributed by atoms with van der Waals surface area (Å²) in [6.07, 6.45) is -1.19. The Hall–Kier alpha value is -3.15. The summed E-state index contributed by atoms with van der Waals surface area (Å²) in [6, 6.07) is 16.1. The quantitative estimate of drug-likeness (QED) is 0.852. The molecule has 22 heavy (non-hydrogen) atoms. The van der Waals surface area contributed by atoms with Gasteiger partial charge in [0, 0.05) is 5.56 Å². The van der Waals surface area contributed by atoms with Gasteiger partial charge in [0.25, 0.3) is 5.91 Å². The van der Waals surface area contributed by atoms with Crippen LogP contribution in [0.5, 0.6) is 0 Å². The normalized spacial score (nSPS) is 14.5. The summed E-state index contributed by atoms with van der Waals surface area (Å²) < 4.78 is 0. The number of amides is 2. The van der Waals surface area contributed by atoms with Crippen molar-refractivity contribution in [2.75, 3.05) is 0 Å². The first kappa shape index (κ1) is 13.8. The monoisotopic (exact) mass is 295 g/mol. The van der Waals surface area contributed by atoms with Crippen LogP contribution in [0.3, 0.4) is 0 Å². The van der Waals surface area contributed by atoms with Gasteiger partial charge in [0.1, 0.15) is 0 Å². The molecule has 0 saturated carbocycles. The highest BCUT2D eigenvalue weighted by molar-refractivity contribution is 6.23. The number of rotatable bonds is 3. The largest absolute Gasteiger partial charge is 0.464 e. The Balaban J connectivity index is 1.91. The molecule has 0 aromatic heterocycles. The van der Waals surface area contributed by atoms with Crippen LogP contribution in [0.4, 0.5) is 4.79 Å². The molecule has 1 aliphatic heterocycles. The third kappa shape index (κ3) is 2.67. The molecule has 6 heteroatoms. The lowest BCUT2D eigenvalue weighted by atomic mass is 10.1. The van der Waals surface area contributed by atoms with Crippen molar-refractivity contribution in [2.24, 2.45) is 5.10 Å². The average molecular weight is 295 g/mol. The molecule has 3 rings (SSSR count). The SMILES string of the molecule is O=C1N/C(=N\N(Cc2ccccc2)C(=O)O)c2ccccc21. The highest BCUT2D eigenvalue weighted by atomic mass is 16.4. The van der Waals surface area contributed by atoms with Gasteiger partial charge in [-0.05, 0) is 11.6 Å². The highest BCUT2D eigenvalue weighted by Crippen LogP contribution is 2.16. The lowest BCUT2D eigenvalue weighted by Crippen LogP contribution is -2.29. The molecular formula is C16H13N3O3. The summed E-state index contributed by atoms with van der Waals surface area (Å²) in [6.45, 7) is 0.109. The van der Waals surface area contributed by atoms with Crippen molar-refractivity contribution in [1.82, 2.24) is 10.3 Å². The van der Waals surface area contributed by atoms with Crippen LogP contribution in [0.1, 0.15) is 21.5 Å². The van der Waals surface area contributed by atoms with Gasteiger partial charge in [-0.3, -0.25) is 4.79 Å². The van der Waals surface area contributed by atoms with Crippen LogP contribution in [0, 0.1) is 0 Å². The van der Waals surface area contributed by atoms with E-state index in [0.717, 1.165) is 10.6 Å². The number of carboxylic acid groups (broad SMARTS) is 1. The van der Waals surface area contributed by atoms with Gasteiger partial charge in [-0.2, -0.15) is 5.01 Å². The molecule has 0 bridgehead atoms. The number of amidine groups is 1. The van der Waals surface area contributed by atoms with Crippen LogP contribution < -0.4 is 5.32 Å². The molecular weight excluding hydrogens is 282 g/mol. The second kappa shape index (κ2) is 5.69. The standard InChI is InChI=1S/C16H13N3O3/c20-15-13-9-5-4-8-12(13)14(17-15)18-19(16(21)22)10-11-6-2-1-3-7-11/h1-9H,10H2,(H,21,22)(H,17,18,20). The lowest BCUT2D eigenvalue weighted by Gasteiger charge is -2.14. The smallest absolute Gasteiger partial charge is 0.428 e. The Morgan fingerprint density at radius 1 is 1.05 bits per heavy atom. The summed E-state index contributed by atoms with van der Waals surface area (Å²) in [5, 5.41) is 16.9. The van der Waals surface area contributed by atoms with Gasteiger partial charge < -0.3 is 10.4 Å². The van der Waals surface area contributed by atoms with Gasteiger partial charge in [0.15, 0.2) is 5.84 Å². The molecule has 0 fully saturated rings. The molecule has 2 N–H and O–H groups in total. The number of hydrazone groups is 1. The number of hydrogen-bond acceptors (Lipinski definition) is 3. The van der Waals surface area contributed by atoms with E-state index in [9.17, 15) is 14.7 Å². The Labute approximate surface area is 126 Å². The van der Waals surface area contributed by atoms with E-state index < -0.39 is 6.09 Å². The zero-order chi connectivity index (χ0) is 15.5. The molecule has 6 nitrogen and oxygen atoms in total. The number of nitrogens with one attached hydrogen (secondary N) is 1. The van der Waals surface area contributed by atoms with Crippen LogP contribution in [0.25, 0.3) is 0 Å². The molecule has 0 saturated heterocycles. The van der Waals surface area contributed by atoms with Crippen molar-refractivity contribution in [2.45, 2.75) is 6.54 Å². The number of fused-ring (bicyclic) bond motifs is 1. The zero-order valence-corrected chi connectivity index (χ0v) is 11.6. The van der Waals surface area contributed by atoms with Crippen LogP contribution in [-0.4, -0.2) is 28.0 Å². The predicted molar refractivity (Wildman–Crippen MR) is 80.5 cm³/mol. The summed E-state index contributed by atoms with van der Waals surface area (Å²) in [7, 11) is 0. The molecule has 110 valence electrons. The van der Waals surface area contributed by atoms with E-state index in [1.807, 2.05) is 30.3 Å². The maximum absolute atomic E-state index is 11.8. The summed E-state index contributed by atoms with van der Waals surface area (Å²) in [5.41, 5.74) is 1.91. The third-order valence-corrected chi connectivity index (χ3v) is 3.28. The van der Waals surface area contributed by atoms with Crippen LogP contribution in [0.15, 0.2) is 59.7 Å². The predicted octanol–water partition coefficient (Wildman–Crippen LogP) is 2.27. The second-order valence-electron chi connectivity index (χ2n) is 4.77. The van der Waals surface area contributed by atoms with Crippen LogP contribution in [-0.2, 0) is 6.54 Å². The highest BCUT2D eigenvalue weighted by Gasteiger charge is 2.26. The lowest BCUT2D eigenvalue weighted by molar-refractivity contribution is 0.0981. The first-order valence-electron chi connectivity index (χ1n) is 6.69. The topological polar surface area (TPSA) is 82.0 Å². The van der Waals surface area contributed by atoms with Crippen molar-refractivity contribution in [3.63, 3.8) is 0 Å². The Bertz CT molecular complexity index is 756. The molecule has 2 aromatic rings. The van der Waals surface area contributed by atoms with Crippen molar-refractivity contribution >= 4 is 17.8 Å². The third-order valence-electron chi connectivity index (χ3n) is 3.28. The molecule has 0 atom stereocenters. The van der Waals surface area contributed by atoms with Crippen LogP contribution >= 0.6 is 0 Å². The number of hydrogen-bond donors (Lipinski definition) is 2. The fraction of sp³-hybridized carbons (Fsp3) is 0.0625. The molecule has 0 unspecified atom stereocenters. The van der Waals surface area contributed by atoms with Gasteiger partial charge in [0.2, 0.25) is 0 Å². The van der Waals surface area contributed by atoms with E-state index in [-0.39, 0.29) is 18.3 Å². The van der Waals surface area contributed by atoms with E-state index >= 15 is 0 Å². The first-order chi connectivity index (χ1) is 10.6. The molecule has 2 amide bonds. The second-order valence-corrected chi connectivity index (χ2v) is 4.77. The minimum Gasteiger partial charge on any atom is -0.464 e. The fourth-order valence-corrected chi connectivity index (χ4v) is 2.23. The van der Waals surface area contributed by atoms with Gasteiger partial charge in [-0.25, -0.2) is 4.79 Å². The van der Waals surface area contributed by atoms with Crippen molar-refractivity contribution in [1.29, 1.82) is 0 Å². The minimum atomic E-state index is -1.19. The van der Waals surface area contributed by atoms with E-state index in [0.29, 0.717) is 11.1 Å². The van der Waals surface area contributed by atoms with E-state index in [2.05, 4.69) is 10.4 Å². The molecule has 0 radical (unpaired) electrons. The molecule has 2 aromatic carbocycles. The molecule has 1 aliphatic rings. The average Bonchev–Trinajstić information content (AvgIpc) is 2.84. The van der Waals surface area contributed by atoms with E-state index in [1.165, 1.54) is 0 Å². The minimum absolute atomic E-state index is 0.109. The summed E-state index contributed by atoms with van der Waals surface area (Å²) in [4.78, 5) is 23.2. The Morgan fingerprint density at radius 2 is 1.68 bits per heavy atom. The number of carbonyl (C=O) groups excluding carboxylic acids is 1. The zero-order valence-electron chi connectivity index (χ0n) is 11.6. The van der Waals surface area contributed by atoms with E-state index in [1.54, 1.807) is 24.3 Å². The van der Waals surface area contributed by atoms with Crippen molar-refractivity contribution in [3.8, 4) is 0 Å². The summed E-state index contributed by atoms with van der Waals surface area (Å²) >= 11 is 0. The number of nitrogens with zero attached hydrogens (tertiary/aromatic N) is 2. The Morgan fingerprint density at radius 3 is 2.36 bits per heavy atom. The molecule has 0 aliphatic carbocycles. The number of carbonyl (C=O) groups is 2. The van der Waals surface area contributed by atoms with Crippen LogP contribution in [0.2, 0.25) is 0 Å². The van der Waals surface area contributed by atoms with Crippen molar-refractivity contribution in [3.05, 3.63) is 71.3 Å². The molecule has 0 spiro atoms. The van der Waals surface area contributed by atoms with Gasteiger partial charge in [0.05, 0.1) is 12.1 Å². The molecule has 1 heterocycles. The summed E-state index contributed by atoms with van der Waals surface area (Å²) in [5.74, 6) is -0.0293. The van der Waals surface area contributed by atoms with Gasteiger partial charge in [-0.1, -0.05) is 48.5 Å². The van der Waals surface area contributed by atoms with Gasteiger partial charge >= 0.3 is 6.09 Å². The van der Waals surface area contributed by atoms with E-state index in [4.69, 9.17) is 0 Å². The maximum Gasteiger partial charge on any atom is 0.428 e. The maximum atomic E-state index is 11.8. The van der Waals surface area contributed by atoms with Gasteiger partial charge in [-0.15, -0.1) is 5.10 Å². The fourth-order valence-electron chi connectivity index (χ4n) is 2.23. The Kier molecular flexibility index (Phi) is 3.57. The van der Waals surface area contributed by atoms with Crippen molar-refractivity contribution < 1.29 is 14.7 Å². The number of benzene rings is 2. The first-order valence-corrected chi connectivity index (χ1v) is 6.69.